The Morgan fingerprint density at radius 1 is 1.19 bits per heavy atom. The Morgan fingerprint density at radius 3 is 2.93 bits per heavy atom. The number of piperidine rings is 1. The number of nitrogens with zero attached hydrogens (tertiary/aromatic N) is 4. The number of carbonyl (C=O) groups is 2. The van der Waals surface area contributed by atoms with Gasteiger partial charge in [-0.25, -0.2) is 0 Å². The maximum Gasteiger partial charge on any atom is 0.236 e. The van der Waals surface area contributed by atoms with E-state index in [1.54, 1.807) is 13.3 Å². The third-order valence-electron chi connectivity index (χ3n) is 8.87. The minimum Gasteiger partial charge on any atom is -0.489 e. The van der Waals surface area contributed by atoms with E-state index in [2.05, 4.69) is 39.5 Å². The lowest BCUT2D eigenvalue weighted by atomic mass is 9.82. The van der Waals surface area contributed by atoms with Crippen LogP contribution >= 0.6 is 0 Å². The van der Waals surface area contributed by atoms with Gasteiger partial charge in [0.05, 0.1) is 19.2 Å². The summed E-state index contributed by atoms with van der Waals surface area (Å²) in [5.74, 6) is 1.36. The normalized spacial score (nSPS) is 23.7. The van der Waals surface area contributed by atoms with E-state index in [1.165, 1.54) is 5.69 Å². The van der Waals surface area contributed by atoms with Crippen molar-refractivity contribution in [2.45, 2.75) is 44.7 Å². The number of hydrogen-bond donors (Lipinski definition) is 1. The molecule has 0 aliphatic carbocycles. The molecule has 2 saturated heterocycles. The molecule has 3 aliphatic rings. The van der Waals surface area contributed by atoms with Gasteiger partial charge in [-0.1, -0.05) is 18.2 Å². The summed E-state index contributed by atoms with van der Waals surface area (Å²) in [7, 11) is 3.63. The van der Waals surface area contributed by atoms with E-state index in [-0.39, 0.29) is 30.2 Å². The summed E-state index contributed by atoms with van der Waals surface area (Å²) in [6.45, 7) is 4.94. The Kier molecular flexibility index (Phi) is 10.5. The molecule has 3 aliphatic heterocycles. The fourth-order valence-corrected chi connectivity index (χ4v) is 6.41. The Hall–Kier alpha value is -3.43. The van der Waals surface area contributed by atoms with Gasteiger partial charge >= 0.3 is 0 Å². The molecular formula is C33H45N5O4. The standard InChI is InChI=1S/C33H45N5O4/c1-36(16-13-28-8-3-4-14-35-28)32(39)20-25-12-17-37-23-26(25)7-6-18-42-31-11-10-29(19-27(31)21-34-22-33(37)40)38-15-5-9-30(38)24-41-2/h3-4,6-8,10-11,14,19,25-26,30,34H,5,9,12-13,15-18,20-24H2,1-2H3/b7-6+/t25-,26-,30-/m0/s1. The molecule has 226 valence electrons. The predicted molar refractivity (Wildman–Crippen MR) is 163 cm³/mol. The maximum atomic E-state index is 13.2. The number of methoxy groups -OCH3 is 1. The zero-order chi connectivity index (χ0) is 29.3. The van der Waals surface area contributed by atoms with E-state index in [9.17, 15) is 9.59 Å². The minimum absolute atomic E-state index is 0.100. The van der Waals surface area contributed by atoms with E-state index in [4.69, 9.17) is 9.47 Å². The van der Waals surface area contributed by atoms with E-state index >= 15 is 0 Å². The first kappa shape index (κ1) is 30.0. The van der Waals surface area contributed by atoms with Crippen molar-refractivity contribution in [2.75, 3.05) is 65.0 Å². The van der Waals surface area contributed by atoms with Gasteiger partial charge in [0.15, 0.2) is 0 Å². The number of carbonyl (C=O) groups excluding carboxylic acids is 2. The van der Waals surface area contributed by atoms with Crippen LogP contribution in [0.2, 0.25) is 0 Å². The van der Waals surface area contributed by atoms with Gasteiger partial charge in [0.1, 0.15) is 12.4 Å². The van der Waals surface area contributed by atoms with Crippen LogP contribution in [0.25, 0.3) is 0 Å². The molecule has 42 heavy (non-hydrogen) atoms. The molecule has 2 fully saturated rings. The Balaban J connectivity index is 1.24. The Morgan fingerprint density at radius 2 is 2.10 bits per heavy atom. The summed E-state index contributed by atoms with van der Waals surface area (Å²) in [5.41, 5.74) is 3.20. The molecule has 0 saturated carbocycles. The monoisotopic (exact) mass is 575 g/mol. The van der Waals surface area contributed by atoms with Gasteiger partial charge in [-0.3, -0.25) is 14.6 Å². The zero-order valence-electron chi connectivity index (χ0n) is 25.0. The number of anilines is 1. The molecule has 3 atom stereocenters. The number of likely N-dealkylation sites (N-methyl/N-ethyl adjacent to an activating group) is 1. The van der Waals surface area contributed by atoms with Gasteiger partial charge in [-0.2, -0.15) is 0 Å². The van der Waals surface area contributed by atoms with Crippen LogP contribution in [0, 0.1) is 11.8 Å². The lowest BCUT2D eigenvalue weighted by Gasteiger charge is -2.37. The second-order valence-electron chi connectivity index (χ2n) is 11.7. The molecule has 2 aromatic rings. The molecule has 0 radical (unpaired) electrons. The fourth-order valence-electron chi connectivity index (χ4n) is 6.41. The first-order valence-electron chi connectivity index (χ1n) is 15.3. The lowest BCUT2D eigenvalue weighted by molar-refractivity contribution is -0.134. The van der Waals surface area contributed by atoms with Crippen molar-refractivity contribution in [3.05, 3.63) is 66.0 Å². The van der Waals surface area contributed by atoms with Crippen molar-refractivity contribution >= 4 is 17.5 Å². The van der Waals surface area contributed by atoms with Crippen molar-refractivity contribution in [2.24, 2.45) is 11.8 Å². The molecule has 2 bridgehead atoms. The summed E-state index contributed by atoms with van der Waals surface area (Å²) < 4.78 is 11.7. The third-order valence-corrected chi connectivity index (χ3v) is 8.87. The molecule has 1 aromatic heterocycles. The molecule has 0 unspecified atom stereocenters. The number of ether oxygens (including phenoxy) is 2. The summed E-state index contributed by atoms with van der Waals surface area (Å²) in [4.78, 5) is 36.9. The number of rotatable bonds is 8. The average Bonchev–Trinajstić information content (AvgIpc) is 3.47. The highest BCUT2D eigenvalue weighted by Gasteiger charge is 2.32. The lowest BCUT2D eigenvalue weighted by Crippen LogP contribution is -2.47. The highest BCUT2D eigenvalue weighted by atomic mass is 16.5. The van der Waals surface area contributed by atoms with Gasteiger partial charge in [-0.15, -0.1) is 0 Å². The molecular weight excluding hydrogens is 530 g/mol. The van der Waals surface area contributed by atoms with E-state index < -0.39 is 0 Å². The van der Waals surface area contributed by atoms with E-state index in [0.29, 0.717) is 45.2 Å². The molecule has 9 nitrogen and oxygen atoms in total. The van der Waals surface area contributed by atoms with Crippen molar-refractivity contribution < 1.29 is 19.1 Å². The van der Waals surface area contributed by atoms with Crippen molar-refractivity contribution in [3.63, 3.8) is 0 Å². The summed E-state index contributed by atoms with van der Waals surface area (Å²) in [5, 5.41) is 3.37. The van der Waals surface area contributed by atoms with Crippen LogP contribution in [0.1, 0.15) is 36.9 Å². The number of hydrogen-bond acceptors (Lipinski definition) is 7. The first-order valence-corrected chi connectivity index (χ1v) is 15.3. The number of pyridine rings is 1. The van der Waals surface area contributed by atoms with Gasteiger partial charge < -0.3 is 29.5 Å². The highest BCUT2D eigenvalue weighted by Crippen LogP contribution is 2.32. The summed E-state index contributed by atoms with van der Waals surface area (Å²) in [6, 6.07) is 12.6. The highest BCUT2D eigenvalue weighted by molar-refractivity contribution is 5.79. The Bertz CT molecular complexity index is 1220. The first-order chi connectivity index (χ1) is 20.5. The number of aromatic nitrogens is 1. The molecule has 1 N–H and O–H groups in total. The molecule has 9 heteroatoms. The molecule has 0 spiro atoms. The van der Waals surface area contributed by atoms with Gasteiger partial charge in [0, 0.05) is 82.9 Å². The Labute approximate surface area is 249 Å². The van der Waals surface area contributed by atoms with Crippen LogP contribution in [0.5, 0.6) is 5.75 Å². The van der Waals surface area contributed by atoms with Gasteiger partial charge in [-0.05, 0) is 61.4 Å². The third kappa shape index (κ3) is 7.69. The molecule has 4 heterocycles. The average molecular weight is 576 g/mol. The van der Waals surface area contributed by atoms with Crippen molar-refractivity contribution in [3.8, 4) is 5.75 Å². The molecule has 1 aromatic carbocycles. The summed E-state index contributed by atoms with van der Waals surface area (Å²) in [6.07, 6.45) is 10.3. The summed E-state index contributed by atoms with van der Waals surface area (Å²) >= 11 is 0. The molecule has 5 rings (SSSR count). The maximum absolute atomic E-state index is 13.2. The van der Waals surface area contributed by atoms with Crippen LogP contribution < -0.4 is 15.0 Å². The quantitative estimate of drug-likeness (QED) is 0.484. The van der Waals surface area contributed by atoms with E-state index in [0.717, 1.165) is 55.8 Å². The van der Waals surface area contributed by atoms with Crippen molar-refractivity contribution in [1.82, 2.24) is 20.1 Å². The van der Waals surface area contributed by atoms with E-state index in [1.807, 2.05) is 41.1 Å². The fraction of sp³-hybridized carbons (Fsp3) is 0.545. The van der Waals surface area contributed by atoms with Crippen LogP contribution in [-0.2, 0) is 27.3 Å². The SMILES string of the molecule is COC[C@@H]1CCCN1c1ccc2c(c1)CNCC(=O)N1CC[C@@H](CC(=O)N(C)CCc3ccccn3)[C@@H](/C=C/CO2)C1. The number of nitrogens with one attached hydrogen (secondary N) is 1. The number of fused-ring (bicyclic) bond motifs is 3. The van der Waals surface area contributed by atoms with Crippen LogP contribution in [0.4, 0.5) is 5.69 Å². The number of benzene rings is 1. The largest absolute Gasteiger partial charge is 0.489 e. The second kappa shape index (κ2) is 14.6. The van der Waals surface area contributed by atoms with Crippen LogP contribution in [0.3, 0.4) is 0 Å². The molecule has 2 amide bonds. The van der Waals surface area contributed by atoms with Crippen LogP contribution in [0.15, 0.2) is 54.7 Å². The van der Waals surface area contributed by atoms with Crippen molar-refractivity contribution in [1.29, 1.82) is 0 Å². The smallest absolute Gasteiger partial charge is 0.236 e. The predicted octanol–water partition coefficient (Wildman–Crippen LogP) is 3.29. The minimum atomic E-state index is 0.100. The number of amides is 2. The second-order valence-corrected chi connectivity index (χ2v) is 11.7. The zero-order valence-corrected chi connectivity index (χ0v) is 25.0. The van der Waals surface area contributed by atoms with Gasteiger partial charge in [0.25, 0.3) is 0 Å². The topological polar surface area (TPSA) is 87.2 Å². The van der Waals surface area contributed by atoms with Crippen LogP contribution in [-0.4, -0.2) is 92.7 Å². The van der Waals surface area contributed by atoms with Gasteiger partial charge in [0.2, 0.25) is 11.8 Å².